The topological polar surface area (TPSA) is 71.5 Å². The average Bonchev–Trinajstić information content (AvgIpc) is 2.73. The lowest BCUT2D eigenvalue weighted by molar-refractivity contribution is 0.304. The Morgan fingerprint density at radius 2 is 2.28 bits per heavy atom. The molecule has 3 N–H and O–H groups in total. The SMILES string of the molecule is Cc1csc(SCCCCC(C)(C)C(N)=NO)n1. The van der Waals surface area contributed by atoms with Crippen molar-refractivity contribution < 1.29 is 5.21 Å². The molecule has 0 aliphatic rings. The maximum atomic E-state index is 8.68. The molecule has 0 fully saturated rings. The molecule has 0 saturated heterocycles. The van der Waals surface area contributed by atoms with Crippen molar-refractivity contribution in [3.05, 3.63) is 11.1 Å². The Hall–Kier alpha value is -0.750. The summed E-state index contributed by atoms with van der Waals surface area (Å²) in [6.07, 6.45) is 3.12. The molecule has 102 valence electrons. The predicted octanol–water partition coefficient (Wildman–Crippen LogP) is 3.49. The van der Waals surface area contributed by atoms with E-state index in [1.54, 1.807) is 23.1 Å². The first kappa shape index (κ1) is 15.3. The van der Waals surface area contributed by atoms with Crippen molar-refractivity contribution in [3.63, 3.8) is 0 Å². The number of hydrogen-bond acceptors (Lipinski definition) is 5. The maximum absolute atomic E-state index is 8.68. The van der Waals surface area contributed by atoms with E-state index in [4.69, 9.17) is 10.9 Å². The number of unbranched alkanes of at least 4 members (excludes halogenated alkanes) is 1. The lowest BCUT2D eigenvalue weighted by atomic mass is 9.86. The highest BCUT2D eigenvalue weighted by atomic mass is 32.2. The van der Waals surface area contributed by atoms with Gasteiger partial charge in [-0.1, -0.05) is 37.2 Å². The Morgan fingerprint density at radius 3 is 2.83 bits per heavy atom. The van der Waals surface area contributed by atoms with E-state index in [1.807, 2.05) is 20.8 Å². The van der Waals surface area contributed by atoms with Gasteiger partial charge in [0.05, 0.1) is 0 Å². The zero-order valence-electron chi connectivity index (χ0n) is 11.1. The van der Waals surface area contributed by atoms with Crippen LogP contribution in [0.3, 0.4) is 0 Å². The third kappa shape index (κ3) is 4.86. The third-order valence-corrected chi connectivity index (χ3v) is 5.05. The number of aromatic nitrogens is 1. The van der Waals surface area contributed by atoms with Crippen LogP contribution in [0.15, 0.2) is 14.9 Å². The van der Waals surface area contributed by atoms with E-state index in [0.717, 1.165) is 35.0 Å². The third-order valence-electron chi connectivity index (χ3n) is 2.82. The quantitative estimate of drug-likeness (QED) is 0.201. The number of nitrogens with two attached hydrogens (primary N) is 1. The van der Waals surface area contributed by atoms with Crippen molar-refractivity contribution >= 4 is 28.9 Å². The van der Waals surface area contributed by atoms with Gasteiger partial charge < -0.3 is 10.9 Å². The van der Waals surface area contributed by atoms with E-state index < -0.39 is 0 Å². The molecule has 0 bridgehead atoms. The number of hydrogen-bond donors (Lipinski definition) is 2. The molecule has 0 radical (unpaired) electrons. The fourth-order valence-corrected chi connectivity index (χ4v) is 3.41. The predicted molar refractivity (Wildman–Crippen MR) is 78.6 cm³/mol. The van der Waals surface area contributed by atoms with E-state index in [1.165, 1.54) is 0 Å². The average molecular weight is 287 g/mol. The number of aryl methyl sites for hydroxylation is 1. The smallest absolute Gasteiger partial charge is 0.150 e. The molecule has 18 heavy (non-hydrogen) atoms. The molecule has 0 aromatic carbocycles. The fourth-order valence-electron chi connectivity index (χ4n) is 1.49. The van der Waals surface area contributed by atoms with E-state index in [0.29, 0.717) is 5.84 Å². The summed E-state index contributed by atoms with van der Waals surface area (Å²) in [6, 6.07) is 0. The Balaban J connectivity index is 2.19. The summed E-state index contributed by atoms with van der Waals surface area (Å²) < 4.78 is 1.14. The molecule has 0 spiro atoms. The molecule has 0 unspecified atom stereocenters. The minimum absolute atomic E-state index is 0.225. The summed E-state index contributed by atoms with van der Waals surface area (Å²) in [5.41, 5.74) is 6.51. The molecular formula is C12H21N3OS2. The Labute approximate surface area is 117 Å². The van der Waals surface area contributed by atoms with Gasteiger partial charge in [0.1, 0.15) is 10.2 Å². The van der Waals surface area contributed by atoms with Crippen LogP contribution in [0.1, 0.15) is 38.8 Å². The summed E-state index contributed by atoms with van der Waals surface area (Å²) in [5, 5.41) is 13.8. The second-order valence-corrected chi connectivity index (χ2v) is 7.13. The zero-order valence-corrected chi connectivity index (χ0v) is 12.8. The summed E-state index contributed by atoms with van der Waals surface area (Å²) in [5.74, 6) is 1.38. The van der Waals surface area contributed by atoms with Gasteiger partial charge in [-0.15, -0.1) is 11.3 Å². The van der Waals surface area contributed by atoms with Crippen LogP contribution in [0.25, 0.3) is 0 Å². The number of thioether (sulfide) groups is 1. The second-order valence-electron chi connectivity index (χ2n) is 4.93. The Bertz CT molecular complexity index is 402. The Kier molecular flexibility index (Phi) is 5.95. The molecule has 0 aliphatic carbocycles. The minimum Gasteiger partial charge on any atom is -0.409 e. The van der Waals surface area contributed by atoms with Gasteiger partial charge in [0.15, 0.2) is 0 Å². The zero-order chi connectivity index (χ0) is 13.6. The molecule has 1 heterocycles. The van der Waals surface area contributed by atoms with Crippen molar-refractivity contribution in [1.82, 2.24) is 4.98 Å². The van der Waals surface area contributed by atoms with E-state index in [-0.39, 0.29) is 5.41 Å². The Morgan fingerprint density at radius 1 is 1.56 bits per heavy atom. The normalized spacial score (nSPS) is 12.9. The molecule has 0 aliphatic heterocycles. The first-order valence-electron chi connectivity index (χ1n) is 5.98. The van der Waals surface area contributed by atoms with Crippen LogP contribution >= 0.6 is 23.1 Å². The number of amidine groups is 1. The first-order valence-corrected chi connectivity index (χ1v) is 7.85. The highest BCUT2D eigenvalue weighted by Crippen LogP contribution is 2.26. The van der Waals surface area contributed by atoms with Gasteiger partial charge in [0.25, 0.3) is 0 Å². The van der Waals surface area contributed by atoms with Crippen molar-refractivity contribution in [1.29, 1.82) is 0 Å². The molecular weight excluding hydrogens is 266 g/mol. The fraction of sp³-hybridized carbons (Fsp3) is 0.667. The van der Waals surface area contributed by atoms with Crippen molar-refractivity contribution in [2.24, 2.45) is 16.3 Å². The van der Waals surface area contributed by atoms with Crippen molar-refractivity contribution in [2.75, 3.05) is 5.75 Å². The maximum Gasteiger partial charge on any atom is 0.150 e. The summed E-state index contributed by atoms with van der Waals surface area (Å²) in [4.78, 5) is 4.41. The van der Waals surface area contributed by atoms with Gasteiger partial charge in [0, 0.05) is 22.2 Å². The second kappa shape index (κ2) is 6.99. The molecule has 1 rings (SSSR count). The molecule has 0 amide bonds. The molecule has 0 saturated carbocycles. The lowest BCUT2D eigenvalue weighted by Crippen LogP contribution is -2.31. The molecule has 6 heteroatoms. The van der Waals surface area contributed by atoms with Gasteiger partial charge in [-0.2, -0.15) is 0 Å². The highest BCUT2D eigenvalue weighted by molar-refractivity contribution is 8.00. The molecule has 1 aromatic heterocycles. The lowest BCUT2D eigenvalue weighted by Gasteiger charge is -2.22. The van der Waals surface area contributed by atoms with Gasteiger partial charge in [-0.3, -0.25) is 0 Å². The van der Waals surface area contributed by atoms with Crippen molar-refractivity contribution in [3.8, 4) is 0 Å². The van der Waals surface area contributed by atoms with Crippen LogP contribution in [0.2, 0.25) is 0 Å². The van der Waals surface area contributed by atoms with Gasteiger partial charge in [-0.05, 0) is 19.8 Å². The van der Waals surface area contributed by atoms with Gasteiger partial charge in [-0.25, -0.2) is 4.98 Å². The minimum atomic E-state index is -0.225. The first-order chi connectivity index (χ1) is 8.45. The van der Waals surface area contributed by atoms with Crippen molar-refractivity contribution in [2.45, 2.75) is 44.4 Å². The van der Waals surface area contributed by atoms with E-state index >= 15 is 0 Å². The standard InChI is InChI=1S/C12H21N3OS2/c1-9-8-18-11(14-9)17-7-5-4-6-12(2,3)10(13)15-16/h8,16H,4-7H2,1-3H3,(H2,13,15). The summed E-state index contributed by atoms with van der Waals surface area (Å²) >= 11 is 3.50. The van der Waals surface area contributed by atoms with E-state index in [2.05, 4.69) is 15.5 Å². The monoisotopic (exact) mass is 287 g/mol. The molecule has 0 atom stereocenters. The van der Waals surface area contributed by atoms with Gasteiger partial charge in [0.2, 0.25) is 0 Å². The molecule has 1 aromatic rings. The van der Waals surface area contributed by atoms with Gasteiger partial charge >= 0.3 is 0 Å². The number of oxime groups is 1. The number of thiazole rings is 1. The van der Waals surface area contributed by atoms with Crippen LogP contribution in [-0.4, -0.2) is 21.8 Å². The number of nitrogens with zero attached hydrogens (tertiary/aromatic N) is 2. The van der Waals surface area contributed by atoms with Crippen LogP contribution in [0, 0.1) is 12.3 Å². The van der Waals surface area contributed by atoms with Crippen LogP contribution in [0.4, 0.5) is 0 Å². The summed E-state index contributed by atoms with van der Waals surface area (Å²) in [7, 11) is 0. The van der Waals surface area contributed by atoms with Crippen LogP contribution in [-0.2, 0) is 0 Å². The number of rotatable bonds is 7. The molecule has 4 nitrogen and oxygen atoms in total. The summed E-state index contributed by atoms with van der Waals surface area (Å²) in [6.45, 7) is 6.01. The highest BCUT2D eigenvalue weighted by Gasteiger charge is 2.22. The largest absolute Gasteiger partial charge is 0.409 e. The van der Waals surface area contributed by atoms with Crippen LogP contribution in [0.5, 0.6) is 0 Å². The van der Waals surface area contributed by atoms with Crippen LogP contribution < -0.4 is 5.73 Å². The van der Waals surface area contributed by atoms with E-state index in [9.17, 15) is 0 Å².